The van der Waals surface area contributed by atoms with Gasteiger partial charge in [-0.2, -0.15) is 8.42 Å². The summed E-state index contributed by atoms with van der Waals surface area (Å²) in [6.45, 7) is 9.14. The van der Waals surface area contributed by atoms with E-state index >= 15 is 0 Å². The van der Waals surface area contributed by atoms with Crippen molar-refractivity contribution in [1.29, 1.82) is 0 Å². The van der Waals surface area contributed by atoms with Crippen LogP contribution >= 0.6 is 0 Å². The normalized spacial score (nSPS) is 33.8. The van der Waals surface area contributed by atoms with Crippen molar-refractivity contribution in [2.75, 3.05) is 12.3 Å². The van der Waals surface area contributed by atoms with E-state index in [-0.39, 0.29) is 47.4 Å². The first-order valence-corrected chi connectivity index (χ1v) is 22.8. The van der Waals surface area contributed by atoms with E-state index in [1.807, 2.05) is 0 Å². The highest BCUT2D eigenvalue weighted by Crippen LogP contribution is 2.68. The summed E-state index contributed by atoms with van der Waals surface area (Å²) < 4.78 is 37.0. The Morgan fingerprint density at radius 2 is 1.60 bits per heavy atom. The SMILES string of the molecule is CCCC/C=C\C/C=C\CCCCCCCC(=O)OC1CCC2(C)C(CCC3C2CC(O)C2(C)C(C(C)CCC(=O)NCCS(=O)(=O)O)CCC32)C1. The maximum Gasteiger partial charge on any atom is 0.306 e. The van der Waals surface area contributed by atoms with Gasteiger partial charge in [0.05, 0.1) is 11.9 Å². The second kappa shape index (κ2) is 20.3. The molecule has 52 heavy (non-hydrogen) atoms. The number of ether oxygens (including phenoxy) is 1. The van der Waals surface area contributed by atoms with Gasteiger partial charge in [0.15, 0.2) is 0 Å². The van der Waals surface area contributed by atoms with Crippen LogP contribution in [0.1, 0.15) is 163 Å². The fourth-order valence-corrected chi connectivity index (χ4v) is 11.7. The number of hydrogen-bond donors (Lipinski definition) is 3. The standard InChI is InChI=1S/C43H73NO7S/c1-5-6-7-8-9-10-11-12-13-14-15-16-17-18-19-41(47)51-34-26-27-42(3)33(30-34)21-22-35-37-24-23-36(43(37,4)39(45)31-38(35)42)32(2)20-25-40(46)44-28-29-52(48,49)50/h8-9,11-12,32-39,45H,5-7,10,13-31H2,1-4H3,(H,44,46)(H,48,49,50)/b9-8-,12-11-. The summed E-state index contributed by atoms with van der Waals surface area (Å²) in [5.41, 5.74) is -0.00143. The van der Waals surface area contributed by atoms with E-state index in [2.05, 4.69) is 57.3 Å². The van der Waals surface area contributed by atoms with Gasteiger partial charge in [-0.3, -0.25) is 14.1 Å². The predicted octanol–water partition coefficient (Wildman–Crippen LogP) is 9.37. The van der Waals surface area contributed by atoms with Crippen LogP contribution in [0.5, 0.6) is 0 Å². The Balaban J connectivity index is 1.16. The molecule has 4 saturated carbocycles. The minimum atomic E-state index is -4.10. The van der Waals surface area contributed by atoms with Crippen LogP contribution in [-0.2, 0) is 24.4 Å². The Hall–Kier alpha value is -1.71. The molecule has 10 atom stereocenters. The van der Waals surface area contributed by atoms with Gasteiger partial charge in [-0.15, -0.1) is 0 Å². The third kappa shape index (κ3) is 11.6. The van der Waals surface area contributed by atoms with Crippen molar-refractivity contribution >= 4 is 22.0 Å². The zero-order valence-electron chi connectivity index (χ0n) is 33.0. The molecule has 0 aromatic heterocycles. The van der Waals surface area contributed by atoms with Gasteiger partial charge < -0.3 is 15.2 Å². The summed E-state index contributed by atoms with van der Waals surface area (Å²) in [7, 11) is -4.10. The van der Waals surface area contributed by atoms with E-state index in [1.54, 1.807) is 0 Å². The smallest absolute Gasteiger partial charge is 0.306 e. The fourth-order valence-electron chi connectivity index (χ4n) is 11.4. The van der Waals surface area contributed by atoms with Gasteiger partial charge in [0, 0.05) is 19.4 Å². The molecule has 0 aromatic rings. The van der Waals surface area contributed by atoms with Crippen LogP contribution in [0.3, 0.4) is 0 Å². The molecule has 0 spiro atoms. The van der Waals surface area contributed by atoms with Crippen molar-refractivity contribution in [3.63, 3.8) is 0 Å². The minimum Gasteiger partial charge on any atom is -0.462 e. The molecule has 0 radical (unpaired) electrons. The van der Waals surface area contributed by atoms with Gasteiger partial charge in [-0.1, -0.05) is 84.1 Å². The number of rotatable bonds is 21. The molecule has 0 aromatic carbocycles. The first-order chi connectivity index (χ1) is 24.8. The van der Waals surface area contributed by atoms with E-state index in [0.717, 1.165) is 64.2 Å². The highest BCUT2D eigenvalue weighted by Gasteiger charge is 2.63. The summed E-state index contributed by atoms with van der Waals surface area (Å²) in [4.78, 5) is 25.2. The van der Waals surface area contributed by atoms with Gasteiger partial charge in [0.1, 0.15) is 6.10 Å². The highest BCUT2D eigenvalue weighted by molar-refractivity contribution is 7.85. The summed E-state index contributed by atoms with van der Waals surface area (Å²) in [6, 6.07) is 0. The third-order valence-electron chi connectivity index (χ3n) is 14.4. The number of esters is 1. The molecule has 0 aliphatic heterocycles. The number of nitrogens with one attached hydrogen (secondary N) is 1. The molecule has 0 heterocycles. The van der Waals surface area contributed by atoms with E-state index in [0.29, 0.717) is 48.9 Å². The lowest BCUT2D eigenvalue weighted by Crippen LogP contribution is -2.59. The van der Waals surface area contributed by atoms with E-state index in [1.165, 1.54) is 51.4 Å². The second-order valence-electron chi connectivity index (χ2n) is 17.6. The predicted molar refractivity (Wildman–Crippen MR) is 209 cm³/mol. The number of allylic oxidation sites excluding steroid dienone is 4. The molecule has 0 saturated heterocycles. The first-order valence-electron chi connectivity index (χ1n) is 21.2. The summed E-state index contributed by atoms with van der Waals surface area (Å²) in [5.74, 6) is 2.00. The monoisotopic (exact) mass is 748 g/mol. The van der Waals surface area contributed by atoms with Crippen LogP contribution in [0, 0.1) is 46.3 Å². The zero-order valence-corrected chi connectivity index (χ0v) is 33.9. The fraction of sp³-hybridized carbons (Fsp3) is 0.860. The quantitative estimate of drug-likeness (QED) is 0.0462. The lowest BCUT2D eigenvalue weighted by molar-refractivity contribution is -0.181. The molecule has 9 heteroatoms. The van der Waals surface area contributed by atoms with E-state index < -0.39 is 15.9 Å². The summed E-state index contributed by atoms with van der Waals surface area (Å²) >= 11 is 0. The van der Waals surface area contributed by atoms with Crippen molar-refractivity contribution < 1.29 is 32.4 Å². The molecule has 1 amide bonds. The van der Waals surface area contributed by atoms with Crippen molar-refractivity contribution in [2.45, 2.75) is 175 Å². The van der Waals surface area contributed by atoms with Gasteiger partial charge in [0.25, 0.3) is 10.1 Å². The Labute approximate surface area is 316 Å². The van der Waals surface area contributed by atoms with Crippen molar-refractivity contribution in [3.8, 4) is 0 Å². The van der Waals surface area contributed by atoms with E-state index in [4.69, 9.17) is 9.29 Å². The Morgan fingerprint density at radius 1 is 0.885 bits per heavy atom. The number of unbranched alkanes of at least 4 members (excludes halogenated alkanes) is 7. The Kier molecular flexibility index (Phi) is 16.8. The number of aliphatic hydroxyl groups is 1. The van der Waals surface area contributed by atoms with Crippen LogP contribution in [0.2, 0.25) is 0 Å². The van der Waals surface area contributed by atoms with Crippen molar-refractivity contribution in [3.05, 3.63) is 24.3 Å². The molecule has 4 rings (SSSR count). The van der Waals surface area contributed by atoms with Gasteiger partial charge in [-0.25, -0.2) is 0 Å². The van der Waals surface area contributed by atoms with Crippen LogP contribution in [0.15, 0.2) is 24.3 Å². The maximum atomic E-state index is 12.8. The van der Waals surface area contributed by atoms with Gasteiger partial charge in [-0.05, 0) is 136 Å². The second-order valence-corrected chi connectivity index (χ2v) is 19.2. The molecular weight excluding hydrogens is 675 g/mol. The molecule has 4 aliphatic carbocycles. The maximum absolute atomic E-state index is 12.8. The lowest BCUT2D eigenvalue weighted by Gasteiger charge is -2.62. The minimum absolute atomic E-state index is 0.0242. The first kappa shape index (κ1) is 43.0. The summed E-state index contributed by atoms with van der Waals surface area (Å²) in [6.07, 6.45) is 30.2. The molecule has 4 fully saturated rings. The van der Waals surface area contributed by atoms with Gasteiger partial charge >= 0.3 is 5.97 Å². The molecule has 4 aliphatic rings. The number of carbonyl (C=O) groups excluding carboxylic acids is 2. The van der Waals surface area contributed by atoms with Crippen LogP contribution in [0.4, 0.5) is 0 Å². The van der Waals surface area contributed by atoms with Crippen LogP contribution in [0.25, 0.3) is 0 Å². The Morgan fingerprint density at radius 3 is 2.33 bits per heavy atom. The third-order valence-corrected chi connectivity index (χ3v) is 15.1. The van der Waals surface area contributed by atoms with Crippen LogP contribution < -0.4 is 5.32 Å². The number of amides is 1. The van der Waals surface area contributed by atoms with Crippen LogP contribution in [-0.4, -0.2) is 54.5 Å². The molecular formula is C43H73NO7S. The molecule has 8 nitrogen and oxygen atoms in total. The number of carbonyl (C=O) groups is 2. The molecule has 10 unspecified atom stereocenters. The van der Waals surface area contributed by atoms with Crippen molar-refractivity contribution in [1.82, 2.24) is 5.32 Å². The molecule has 298 valence electrons. The topological polar surface area (TPSA) is 130 Å². The zero-order chi connectivity index (χ0) is 37.8. The number of aliphatic hydroxyl groups excluding tert-OH is 1. The molecule has 3 N–H and O–H groups in total. The number of hydrogen-bond acceptors (Lipinski definition) is 6. The largest absolute Gasteiger partial charge is 0.462 e. The van der Waals surface area contributed by atoms with E-state index in [9.17, 15) is 23.1 Å². The average molecular weight is 748 g/mol. The Bertz CT molecular complexity index is 1300. The number of fused-ring (bicyclic) bond motifs is 5. The lowest BCUT2D eigenvalue weighted by atomic mass is 9.43. The average Bonchev–Trinajstić information content (AvgIpc) is 3.46. The molecule has 0 bridgehead atoms. The van der Waals surface area contributed by atoms with Crippen molar-refractivity contribution in [2.24, 2.45) is 46.3 Å². The van der Waals surface area contributed by atoms with Gasteiger partial charge in [0.2, 0.25) is 5.91 Å². The summed E-state index contributed by atoms with van der Waals surface area (Å²) in [5, 5.41) is 14.5. The highest BCUT2D eigenvalue weighted by atomic mass is 32.2.